The molecule has 0 atom stereocenters. The predicted octanol–water partition coefficient (Wildman–Crippen LogP) is 2.67. The number of pyridine rings is 1. The molecule has 0 saturated heterocycles. The number of anilines is 1. The molecule has 98 valence electrons. The number of ketones is 1. The predicted molar refractivity (Wildman–Crippen MR) is 71.7 cm³/mol. The van der Waals surface area contributed by atoms with Gasteiger partial charge in [-0.15, -0.1) is 0 Å². The maximum atomic E-state index is 11.5. The van der Waals surface area contributed by atoms with Gasteiger partial charge in [-0.2, -0.15) is 0 Å². The van der Waals surface area contributed by atoms with E-state index in [4.69, 9.17) is 15.2 Å². The maximum absolute atomic E-state index is 11.5. The van der Waals surface area contributed by atoms with Gasteiger partial charge in [0.15, 0.2) is 5.78 Å². The summed E-state index contributed by atoms with van der Waals surface area (Å²) < 4.78 is 10.6. The fourth-order valence-electron chi connectivity index (χ4n) is 1.57. The van der Waals surface area contributed by atoms with Gasteiger partial charge in [-0.1, -0.05) is 0 Å². The van der Waals surface area contributed by atoms with Gasteiger partial charge in [0.25, 0.3) is 0 Å². The monoisotopic (exact) mass is 258 g/mol. The van der Waals surface area contributed by atoms with E-state index in [9.17, 15) is 4.79 Å². The highest BCUT2D eigenvalue weighted by Gasteiger charge is 2.10. The van der Waals surface area contributed by atoms with Crippen molar-refractivity contribution in [2.75, 3.05) is 12.8 Å². The molecule has 0 bridgehead atoms. The smallest absolute Gasteiger partial charge is 0.219 e. The number of hydrogen-bond acceptors (Lipinski definition) is 5. The van der Waals surface area contributed by atoms with Gasteiger partial charge in [0.2, 0.25) is 5.88 Å². The molecule has 1 aromatic heterocycles. The number of hydrogen-bond donors (Lipinski definition) is 1. The fourth-order valence-corrected chi connectivity index (χ4v) is 1.57. The Bertz CT molecular complexity index is 594. The molecule has 0 fully saturated rings. The lowest BCUT2D eigenvalue weighted by Crippen LogP contribution is -1.99. The van der Waals surface area contributed by atoms with Crippen molar-refractivity contribution in [3.05, 3.63) is 42.1 Å². The van der Waals surface area contributed by atoms with Crippen molar-refractivity contribution >= 4 is 11.5 Å². The van der Waals surface area contributed by atoms with Crippen molar-refractivity contribution in [2.24, 2.45) is 0 Å². The van der Waals surface area contributed by atoms with Gasteiger partial charge in [-0.25, -0.2) is 4.98 Å². The number of nitrogens with zero attached hydrogens (tertiary/aromatic N) is 1. The van der Waals surface area contributed by atoms with Crippen LogP contribution in [0.4, 0.5) is 5.69 Å². The first-order valence-corrected chi connectivity index (χ1v) is 5.68. The number of aromatic nitrogens is 1. The van der Waals surface area contributed by atoms with Crippen molar-refractivity contribution < 1.29 is 14.3 Å². The SMILES string of the molecule is COc1ccc(Oc2ccc(N)cc2C(C)=O)nc1. The molecular weight excluding hydrogens is 244 g/mol. The average molecular weight is 258 g/mol. The van der Waals surface area contributed by atoms with Gasteiger partial charge >= 0.3 is 0 Å². The topological polar surface area (TPSA) is 74.4 Å². The maximum Gasteiger partial charge on any atom is 0.219 e. The van der Waals surface area contributed by atoms with E-state index in [0.717, 1.165) is 0 Å². The normalized spacial score (nSPS) is 10.0. The molecule has 0 aliphatic rings. The van der Waals surface area contributed by atoms with Crippen LogP contribution in [-0.2, 0) is 0 Å². The lowest BCUT2D eigenvalue weighted by atomic mass is 10.1. The molecule has 2 N–H and O–H groups in total. The van der Waals surface area contributed by atoms with Crippen molar-refractivity contribution in [3.63, 3.8) is 0 Å². The number of nitrogen functional groups attached to an aromatic ring is 1. The Balaban J connectivity index is 2.29. The summed E-state index contributed by atoms with van der Waals surface area (Å²) in [6, 6.07) is 8.30. The molecule has 0 amide bonds. The fraction of sp³-hybridized carbons (Fsp3) is 0.143. The molecule has 19 heavy (non-hydrogen) atoms. The van der Waals surface area contributed by atoms with Gasteiger partial charge in [0.1, 0.15) is 11.5 Å². The zero-order valence-electron chi connectivity index (χ0n) is 10.7. The highest BCUT2D eigenvalue weighted by Crippen LogP contribution is 2.27. The third kappa shape index (κ3) is 3.01. The minimum absolute atomic E-state index is 0.115. The summed E-state index contributed by atoms with van der Waals surface area (Å²) in [7, 11) is 1.56. The summed E-state index contributed by atoms with van der Waals surface area (Å²) >= 11 is 0. The second-order valence-corrected chi connectivity index (χ2v) is 3.95. The molecule has 1 heterocycles. The van der Waals surface area contributed by atoms with Crippen LogP contribution in [-0.4, -0.2) is 17.9 Å². The molecule has 0 radical (unpaired) electrons. The van der Waals surface area contributed by atoms with E-state index in [1.54, 1.807) is 43.6 Å². The second-order valence-electron chi connectivity index (χ2n) is 3.95. The number of methoxy groups -OCH3 is 1. The van der Waals surface area contributed by atoms with Crippen LogP contribution < -0.4 is 15.2 Å². The quantitative estimate of drug-likeness (QED) is 0.674. The van der Waals surface area contributed by atoms with Crippen LogP contribution in [0.15, 0.2) is 36.5 Å². The molecule has 5 nitrogen and oxygen atoms in total. The summed E-state index contributed by atoms with van der Waals surface area (Å²) in [6.45, 7) is 1.46. The summed E-state index contributed by atoms with van der Waals surface area (Å²) in [6.07, 6.45) is 1.54. The van der Waals surface area contributed by atoms with E-state index in [0.29, 0.717) is 28.6 Å². The van der Waals surface area contributed by atoms with Crippen molar-refractivity contribution in [2.45, 2.75) is 6.92 Å². The van der Waals surface area contributed by atoms with Crippen molar-refractivity contribution in [1.82, 2.24) is 4.98 Å². The lowest BCUT2D eigenvalue weighted by molar-refractivity contribution is 0.101. The Morgan fingerprint density at radius 3 is 2.63 bits per heavy atom. The van der Waals surface area contributed by atoms with Gasteiger partial charge in [-0.05, 0) is 31.2 Å². The number of rotatable bonds is 4. The highest BCUT2D eigenvalue weighted by atomic mass is 16.5. The van der Waals surface area contributed by atoms with E-state index in [1.165, 1.54) is 6.92 Å². The molecule has 2 rings (SSSR count). The van der Waals surface area contributed by atoms with Crippen molar-refractivity contribution in [1.29, 1.82) is 0 Å². The Morgan fingerprint density at radius 1 is 1.26 bits per heavy atom. The number of carbonyl (C=O) groups is 1. The van der Waals surface area contributed by atoms with Crippen LogP contribution >= 0.6 is 0 Å². The van der Waals surface area contributed by atoms with E-state index in [2.05, 4.69) is 4.98 Å². The molecule has 0 aliphatic heterocycles. The first kappa shape index (κ1) is 12.9. The zero-order valence-corrected chi connectivity index (χ0v) is 10.7. The number of carbonyl (C=O) groups excluding carboxylic acids is 1. The molecule has 1 aromatic carbocycles. The minimum Gasteiger partial charge on any atom is -0.495 e. The van der Waals surface area contributed by atoms with Crippen LogP contribution in [0.1, 0.15) is 17.3 Å². The van der Waals surface area contributed by atoms with Gasteiger partial charge in [0.05, 0.1) is 18.9 Å². The Morgan fingerprint density at radius 2 is 2.05 bits per heavy atom. The molecule has 5 heteroatoms. The minimum atomic E-state index is -0.115. The van der Waals surface area contributed by atoms with Gasteiger partial charge < -0.3 is 15.2 Å². The summed E-state index contributed by atoms with van der Waals surface area (Å²) in [5.41, 5.74) is 6.60. The third-order valence-electron chi connectivity index (χ3n) is 2.54. The number of ether oxygens (including phenoxy) is 2. The van der Waals surface area contributed by atoms with Crippen LogP contribution in [0, 0.1) is 0 Å². The largest absolute Gasteiger partial charge is 0.495 e. The van der Waals surface area contributed by atoms with E-state index in [-0.39, 0.29) is 5.78 Å². The summed E-state index contributed by atoms with van der Waals surface area (Å²) in [4.78, 5) is 15.6. The number of Topliss-reactive ketones (excluding diaryl/α,β-unsaturated/α-hetero) is 1. The van der Waals surface area contributed by atoms with Crippen molar-refractivity contribution in [3.8, 4) is 17.4 Å². The molecular formula is C14H14N2O3. The molecule has 2 aromatic rings. The average Bonchev–Trinajstić information content (AvgIpc) is 2.41. The van der Waals surface area contributed by atoms with Crippen LogP contribution in [0.25, 0.3) is 0 Å². The molecule has 0 aliphatic carbocycles. The van der Waals surface area contributed by atoms with E-state index >= 15 is 0 Å². The first-order valence-electron chi connectivity index (χ1n) is 5.68. The molecule has 0 saturated carbocycles. The third-order valence-corrected chi connectivity index (χ3v) is 2.54. The zero-order chi connectivity index (χ0) is 13.8. The standard InChI is InChI=1S/C14H14N2O3/c1-9(17)12-7-10(15)3-5-13(12)19-14-6-4-11(18-2)8-16-14/h3-8H,15H2,1-2H3. The van der Waals surface area contributed by atoms with Gasteiger partial charge in [-0.3, -0.25) is 4.79 Å². The number of nitrogens with two attached hydrogens (primary N) is 1. The molecule has 0 spiro atoms. The highest BCUT2D eigenvalue weighted by molar-refractivity contribution is 5.97. The Hall–Kier alpha value is -2.56. The van der Waals surface area contributed by atoms with Gasteiger partial charge in [0, 0.05) is 11.8 Å². The Labute approximate surface area is 111 Å². The van der Waals surface area contributed by atoms with Crippen LogP contribution in [0.2, 0.25) is 0 Å². The van der Waals surface area contributed by atoms with Crippen LogP contribution in [0.5, 0.6) is 17.4 Å². The summed E-state index contributed by atoms with van der Waals surface area (Å²) in [5, 5.41) is 0. The molecule has 0 unspecified atom stereocenters. The Kier molecular flexibility index (Phi) is 3.66. The lowest BCUT2D eigenvalue weighted by Gasteiger charge is -2.09. The summed E-state index contributed by atoms with van der Waals surface area (Å²) in [5.74, 6) is 1.33. The van der Waals surface area contributed by atoms with E-state index < -0.39 is 0 Å². The first-order chi connectivity index (χ1) is 9.10. The second kappa shape index (κ2) is 5.39. The van der Waals surface area contributed by atoms with Crippen LogP contribution in [0.3, 0.4) is 0 Å². The van der Waals surface area contributed by atoms with E-state index in [1.807, 2.05) is 0 Å². The number of benzene rings is 1.